The molecule has 2 atom stereocenters. The predicted octanol–water partition coefficient (Wildman–Crippen LogP) is 2.07. The van der Waals surface area contributed by atoms with E-state index in [0.29, 0.717) is 0 Å². The molecule has 0 aromatic carbocycles. The molecule has 2 N–H and O–H groups in total. The predicted molar refractivity (Wildman–Crippen MR) is 69.5 cm³/mol. The van der Waals surface area contributed by atoms with Gasteiger partial charge in [-0.1, -0.05) is 13.3 Å². The smallest absolute Gasteiger partial charge is 0.317 e. The lowest BCUT2D eigenvalue weighted by molar-refractivity contribution is -0.137. The highest BCUT2D eigenvalue weighted by Crippen LogP contribution is 2.20. The first kappa shape index (κ1) is 14.8. The number of carboxylic acid groups (broad SMARTS) is 1. The van der Waals surface area contributed by atoms with Crippen LogP contribution < -0.4 is 5.32 Å². The highest BCUT2D eigenvalue weighted by molar-refractivity contribution is 5.75. The van der Waals surface area contributed by atoms with Crippen LogP contribution in [0.5, 0.6) is 0 Å². The van der Waals surface area contributed by atoms with E-state index in [4.69, 9.17) is 5.11 Å². The van der Waals surface area contributed by atoms with Gasteiger partial charge >= 0.3 is 12.0 Å². The summed E-state index contributed by atoms with van der Waals surface area (Å²) in [6.07, 6.45) is 4.42. The van der Waals surface area contributed by atoms with Crippen LogP contribution >= 0.6 is 0 Å². The van der Waals surface area contributed by atoms with E-state index in [-0.39, 0.29) is 18.5 Å². The van der Waals surface area contributed by atoms with E-state index in [1.165, 1.54) is 12.8 Å². The van der Waals surface area contributed by atoms with E-state index in [0.717, 1.165) is 31.8 Å². The van der Waals surface area contributed by atoms with Crippen LogP contribution in [-0.4, -0.2) is 41.1 Å². The molecular formula is C13H24N2O3. The summed E-state index contributed by atoms with van der Waals surface area (Å²) in [6.45, 7) is 5.47. The van der Waals surface area contributed by atoms with Crippen LogP contribution in [0.25, 0.3) is 0 Å². The van der Waals surface area contributed by atoms with Gasteiger partial charge < -0.3 is 15.3 Å². The van der Waals surface area contributed by atoms with Crippen molar-refractivity contribution in [2.24, 2.45) is 5.92 Å². The number of likely N-dealkylation sites (tertiary alicyclic amines) is 1. The third kappa shape index (κ3) is 4.94. The van der Waals surface area contributed by atoms with E-state index in [2.05, 4.69) is 12.2 Å². The van der Waals surface area contributed by atoms with Crippen molar-refractivity contribution in [1.29, 1.82) is 0 Å². The first-order valence-corrected chi connectivity index (χ1v) is 6.80. The number of hydrogen-bond acceptors (Lipinski definition) is 2. The third-order valence-electron chi connectivity index (χ3n) is 3.56. The number of amides is 2. The van der Waals surface area contributed by atoms with Crippen molar-refractivity contribution in [2.45, 2.75) is 52.0 Å². The number of carbonyl (C=O) groups excluding carboxylic acids is 1. The highest BCUT2D eigenvalue weighted by Gasteiger charge is 2.21. The number of nitrogens with zero attached hydrogens (tertiary/aromatic N) is 1. The Bertz CT molecular complexity index is 294. The minimum atomic E-state index is -0.885. The van der Waals surface area contributed by atoms with Crippen molar-refractivity contribution in [3.63, 3.8) is 0 Å². The molecule has 2 unspecified atom stereocenters. The lowest BCUT2D eigenvalue weighted by Gasteiger charge is -2.23. The van der Waals surface area contributed by atoms with Crippen LogP contribution in [-0.2, 0) is 4.79 Å². The van der Waals surface area contributed by atoms with E-state index in [1.807, 2.05) is 4.90 Å². The van der Waals surface area contributed by atoms with E-state index in [9.17, 15) is 9.59 Å². The van der Waals surface area contributed by atoms with Crippen molar-refractivity contribution in [2.75, 3.05) is 13.1 Å². The molecule has 0 aromatic rings. The summed E-state index contributed by atoms with van der Waals surface area (Å²) in [5, 5.41) is 11.4. The van der Waals surface area contributed by atoms with Gasteiger partial charge in [0.05, 0.1) is 6.42 Å². The molecule has 1 aliphatic heterocycles. The molecule has 1 heterocycles. The molecule has 0 saturated carbocycles. The molecule has 5 nitrogen and oxygen atoms in total. The highest BCUT2D eigenvalue weighted by atomic mass is 16.4. The quantitative estimate of drug-likeness (QED) is 0.809. The molecule has 1 rings (SSSR count). The van der Waals surface area contributed by atoms with Gasteiger partial charge in [-0.2, -0.15) is 0 Å². The van der Waals surface area contributed by atoms with Gasteiger partial charge in [-0.15, -0.1) is 0 Å². The molecule has 5 heteroatoms. The number of rotatable bonds is 4. The molecule has 0 bridgehead atoms. The van der Waals surface area contributed by atoms with Crippen molar-refractivity contribution < 1.29 is 14.7 Å². The molecule has 0 aromatic heterocycles. The Hall–Kier alpha value is -1.26. The molecule has 0 radical (unpaired) electrons. The van der Waals surface area contributed by atoms with E-state index in [1.54, 1.807) is 6.92 Å². The Morgan fingerprint density at radius 2 is 2.11 bits per heavy atom. The summed E-state index contributed by atoms with van der Waals surface area (Å²) >= 11 is 0. The molecule has 1 fully saturated rings. The molecule has 1 saturated heterocycles. The Balaban J connectivity index is 2.39. The zero-order valence-electron chi connectivity index (χ0n) is 11.3. The second kappa shape index (κ2) is 7.24. The number of nitrogens with one attached hydrogen (secondary N) is 1. The summed E-state index contributed by atoms with van der Waals surface area (Å²) in [5.41, 5.74) is 0. The molecule has 1 aliphatic rings. The monoisotopic (exact) mass is 256 g/mol. The zero-order chi connectivity index (χ0) is 13.5. The van der Waals surface area contributed by atoms with Gasteiger partial charge in [0.1, 0.15) is 0 Å². The second-order valence-electron chi connectivity index (χ2n) is 5.14. The summed E-state index contributed by atoms with van der Waals surface area (Å²) < 4.78 is 0. The fourth-order valence-corrected chi connectivity index (χ4v) is 2.39. The lowest BCUT2D eigenvalue weighted by Crippen LogP contribution is -2.44. The number of aliphatic carboxylic acids is 1. The number of carbonyl (C=O) groups is 2. The molecule has 104 valence electrons. The van der Waals surface area contributed by atoms with Gasteiger partial charge in [0, 0.05) is 19.1 Å². The number of urea groups is 1. The number of carboxylic acids is 1. The third-order valence-corrected chi connectivity index (χ3v) is 3.56. The van der Waals surface area contributed by atoms with Gasteiger partial charge in [-0.25, -0.2) is 4.79 Å². The fraction of sp³-hybridized carbons (Fsp3) is 0.846. The Morgan fingerprint density at radius 3 is 2.72 bits per heavy atom. The summed E-state index contributed by atoms with van der Waals surface area (Å²) in [7, 11) is 0. The van der Waals surface area contributed by atoms with Crippen LogP contribution in [0.4, 0.5) is 4.79 Å². The fourth-order valence-electron chi connectivity index (χ4n) is 2.39. The molecular weight excluding hydrogens is 232 g/mol. The van der Waals surface area contributed by atoms with Gasteiger partial charge in [-0.3, -0.25) is 4.79 Å². The first-order valence-electron chi connectivity index (χ1n) is 6.80. The molecule has 0 spiro atoms. The van der Waals surface area contributed by atoms with Crippen molar-refractivity contribution in [3.05, 3.63) is 0 Å². The molecule has 2 amide bonds. The lowest BCUT2D eigenvalue weighted by atomic mass is 9.98. The topological polar surface area (TPSA) is 69.6 Å². The summed E-state index contributed by atoms with van der Waals surface area (Å²) in [5.74, 6) is -0.163. The maximum atomic E-state index is 12.0. The summed E-state index contributed by atoms with van der Waals surface area (Å²) in [4.78, 5) is 24.3. The van der Waals surface area contributed by atoms with Crippen LogP contribution in [0.1, 0.15) is 46.0 Å². The molecule has 0 aliphatic carbocycles. The van der Waals surface area contributed by atoms with Gasteiger partial charge in [0.25, 0.3) is 0 Å². The van der Waals surface area contributed by atoms with Crippen LogP contribution in [0.15, 0.2) is 0 Å². The normalized spacial score (nSPS) is 22.1. The Kier molecular flexibility index (Phi) is 5.95. The second-order valence-corrected chi connectivity index (χ2v) is 5.14. The van der Waals surface area contributed by atoms with Gasteiger partial charge in [-0.05, 0) is 32.1 Å². The van der Waals surface area contributed by atoms with Crippen molar-refractivity contribution >= 4 is 12.0 Å². The standard InChI is InChI=1S/C13H24N2O3/c1-3-11-5-4-7-15(8-6-11)13(18)14-10(2)9-12(16)17/h10-11H,3-9H2,1-2H3,(H,14,18)(H,16,17). The van der Waals surface area contributed by atoms with Gasteiger partial charge in [0.2, 0.25) is 0 Å². The van der Waals surface area contributed by atoms with Crippen molar-refractivity contribution in [1.82, 2.24) is 10.2 Å². The SMILES string of the molecule is CCC1CCCN(C(=O)NC(C)CC(=O)O)CC1. The van der Waals surface area contributed by atoms with Crippen molar-refractivity contribution in [3.8, 4) is 0 Å². The van der Waals surface area contributed by atoms with Crippen LogP contribution in [0.2, 0.25) is 0 Å². The summed E-state index contributed by atoms with van der Waals surface area (Å²) in [6, 6.07) is -0.444. The van der Waals surface area contributed by atoms with Gasteiger partial charge in [0.15, 0.2) is 0 Å². The number of hydrogen-bond donors (Lipinski definition) is 2. The Labute approximate surface area is 109 Å². The maximum absolute atomic E-state index is 12.0. The minimum absolute atomic E-state index is 0.0306. The van der Waals surface area contributed by atoms with E-state index < -0.39 is 5.97 Å². The Morgan fingerprint density at radius 1 is 1.39 bits per heavy atom. The molecule has 18 heavy (non-hydrogen) atoms. The first-order chi connectivity index (χ1) is 8.52. The maximum Gasteiger partial charge on any atom is 0.317 e. The average Bonchev–Trinajstić information content (AvgIpc) is 2.52. The minimum Gasteiger partial charge on any atom is -0.481 e. The average molecular weight is 256 g/mol. The van der Waals surface area contributed by atoms with E-state index >= 15 is 0 Å². The zero-order valence-corrected chi connectivity index (χ0v) is 11.3. The van der Waals surface area contributed by atoms with Crippen LogP contribution in [0, 0.1) is 5.92 Å². The largest absolute Gasteiger partial charge is 0.481 e. The van der Waals surface area contributed by atoms with Crippen LogP contribution in [0.3, 0.4) is 0 Å².